The van der Waals surface area contributed by atoms with E-state index in [-0.39, 0.29) is 18.2 Å². The third kappa shape index (κ3) is 4.62. The van der Waals surface area contributed by atoms with Gasteiger partial charge in [-0.05, 0) is 29.8 Å². The molecule has 8 heteroatoms. The molecule has 2 heterocycles. The van der Waals surface area contributed by atoms with E-state index in [0.717, 1.165) is 26.7 Å². The average Bonchev–Trinajstić information content (AvgIpc) is 3.34. The summed E-state index contributed by atoms with van der Waals surface area (Å²) in [6.45, 7) is 0.226. The van der Waals surface area contributed by atoms with Crippen LogP contribution in [0.5, 0.6) is 0 Å². The summed E-state index contributed by atoms with van der Waals surface area (Å²) < 4.78 is 5.33. The van der Waals surface area contributed by atoms with E-state index in [9.17, 15) is 9.59 Å². The summed E-state index contributed by atoms with van der Waals surface area (Å²) in [4.78, 5) is 33.5. The molecule has 4 aromatic rings. The lowest BCUT2D eigenvalue weighted by Gasteiger charge is -2.30. The van der Waals surface area contributed by atoms with Crippen LogP contribution in [-0.4, -0.2) is 23.5 Å². The lowest BCUT2D eigenvalue weighted by atomic mass is 10.2. The maximum absolute atomic E-state index is 13.1. The van der Waals surface area contributed by atoms with Gasteiger partial charge in [0.2, 0.25) is 0 Å². The molecule has 33 heavy (non-hydrogen) atoms. The number of ether oxygens (including phenoxy) is 1. The van der Waals surface area contributed by atoms with Crippen LogP contribution >= 0.6 is 23.1 Å². The second kappa shape index (κ2) is 9.48. The quantitative estimate of drug-likeness (QED) is 0.360. The van der Waals surface area contributed by atoms with Gasteiger partial charge in [0.1, 0.15) is 0 Å². The highest BCUT2D eigenvalue weighted by atomic mass is 32.2. The highest BCUT2D eigenvalue weighted by Gasteiger charge is 2.28. The highest BCUT2D eigenvalue weighted by Crippen LogP contribution is 2.47. The van der Waals surface area contributed by atoms with E-state index in [4.69, 9.17) is 4.74 Å². The predicted molar refractivity (Wildman–Crippen MR) is 130 cm³/mol. The van der Waals surface area contributed by atoms with Crippen LogP contribution in [0.15, 0.2) is 94.0 Å². The van der Waals surface area contributed by atoms with Crippen molar-refractivity contribution in [2.45, 2.75) is 16.3 Å². The molecule has 0 spiro atoms. The van der Waals surface area contributed by atoms with Gasteiger partial charge in [-0.25, -0.2) is 9.78 Å². The molecule has 0 unspecified atom stereocenters. The van der Waals surface area contributed by atoms with Crippen LogP contribution in [0.25, 0.3) is 0 Å². The van der Waals surface area contributed by atoms with E-state index in [1.807, 2.05) is 78.9 Å². The first kappa shape index (κ1) is 21.2. The number of thiazole rings is 1. The second-order valence-electron chi connectivity index (χ2n) is 7.22. The number of rotatable bonds is 6. The lowest BCUT2D eigenvalue weighted by Crippen LogP contribution is -2.32. The van der Waals surface area contributed by atoms with Crippen molar-refractivity contribution >= 4 is 51.5 Å². The molecule has 0 bridgehead atoms. The third-order valence-corrected chi connectivity index (χ3v) is 6.94. The maximum atomic E-state index is 13.1. The lowest BCUT2D eigenvalue weighted by molar-refractivity contribution is -0.121. The molecule has 6 nitrogen and oxygen atoms in total. The Morgan fingerprint density at radius 2 is 1.52 bits per heavy atom. The van der Waals surface area contributed by atoms with E-state index in [2.05, 4.69) is 10.3 Å². The average molecular weight is 474 g/mol. The van der Waals surface area contributed by atoms with Gasteiger partial charge in [0.25, 0.3) is 5.91 Å². The number of esters is 1. The number of nitrogens with one attached hydrogen (secondary N) is 1. The Bertz CT molecular complexity index is 1260. The molecule has 1 aliphatic heterocycles. The van der Waals surface area contributed by atoms with E-state index in [0.29, 0.717) is 11.7 Å². The Hall–Kier alpha value is -3.62. The fraction of sp³-hybridized carbons (Fsp3) is 0.0800. The van der Waals surface area contributed by atoms with Crippen LogP contribution in [0.1, 0.15) is 16.1 Å². The number of nitrogens with zero attached hydrogens (tertiary/aromatic N) is 2. The number of benzene rings is 3. The number of amides is 1. The van der Waals surface area contributed by atoms with Crippen LogP contribution in [0.2, 0.25) is 0 Å². The van der Waals surface area contributed by atoms with Crippen molar-refractivity contribution in [2.75, 3.05) is 16.8 Å². The number of hydrogen-bond acceptors (Lipinski definition) is 7. The number of carbonyl (C=O) groups is 2. The summed E-state index contributed by atoms with van der Waals surface area (Å²) >= 11 is 2.93. The molecule has 0 atom stereocenters. The zero-order valence-corrected chi connectivity index (χ0v) is 19.1. The van der Waals surface area contributed by atoms with Crippen LogP contribution in [0, 0.1) is 0 Å². The maximum Gasteiger partial charge on any atom is 0.358 e. The number of aromatic nitrogens is 1. The van der Waals surface area contributed by atoms with E-state index in [1.165, 1.54) is 11.3 Å². The molecule has 3 aromatic carbocycles. The topological polar surface area (TPSA) is 71.5 Å². The summed E-state index contributed by atoms with van der Waals surface area (Å²) in [7, 11) is 0. The first-order valence-corrected chi connectivity index (χ1v) is 12.0. The molecule has 1 N–H and O–H groups in total. The first-order valence-electron chi connectivity index (χ1n) is 10.3. The van der Waals surface area contributed by atoms with Gasteiger partial charge < -0.3 is 10.1 Å². The minimum atomic E-state index is -0.625. The predicted octanol–water partition coefficient (Wildman–Crippen LogP) is 5.74. The van der Waals surface area contributed by atoms with Gasteiger partial charge in [-0.2, -0.15) is 0 Å². The standard InChI is InChI=1S/C25H19N3O3S2/c29-23(28-19-10-4-6-12-21(19)33-22-13-7-5-11-20(22)28)15-31-24(30)18-16-32-25(27-18)26-14-17-8-2-1-3-9-17/h1-13,16H,14-15H2,(H,26,27). The molecule has 1 amide bonds. The van der Waals surface area contributed by atoms with E-state index in [1.54, 1.807) is 22.0 Å². The fourth-order valence-corrected chi connectivity index (χ4v) is 5.20. The number of fused-ring (bicyclic) bond motifs is 2. The Kier molecular flexibility index (Phi) is 6.10. The Balaban J connectivity index is 1.25. The third-order valence-electron chi connectivity index (χ3n) is 5.01. The number of hydrogen-bond donors (Lipinski definition) is 1. The molecule has 5 rings (SSSR count). The van der Waals surface area contributed by atoms with Crippen LogP contribution in [-0.2, 0) is 16.1 Å². The minimum Gasteiger partial charge on any atom is -0.451 e. The molecule has 1 aliphatic rings. The van der Waals surface area contributed by atoms with E-state index >= 15 is 0 Å². The van der Waals surface area contributed by atoms with Gasteiger partial charge in [-0.3, -0.25) is 9.69 Å². The van der Waals surface area contributed by atoms with Crippen molar-refractivity contribution in [3.63, 3.8) is 0 Å². The molecule has 0 radical (unpaired) electrons. The Labute approximate surface area is 199 Å². The van der Waals surface area contributed by atoms with Crippen molar-refractivity contribution in [1.82, 2.24) is 4.98 Å². The molecular formula is C25H19N3O3S2. The smallest absolute Gasteiger partial charge is 0.358 e. The molecule has 1 aromatic heterocycles. The summed E-state index contributed by atoms with van der Waals surface area (Å²) in [6, 6.07) is 25.3. The number of para-hydroxylation sites is 2. The fourth-order valence-electron chi connectivity index (χ4n) is 3.46. The zero-order chi connectivity index (χ0) is 22.6. The number of carbonyl (C=O) groups excluding carboxylic acids is 2. The largest absolute Gasteiger partial charge is 0.451 e. The number of anilines is 3. The normalized spacial score (nSPS) is 11.9. The van der Waals surface area contributed by atoms with Crippen molar-refractivity contribution in [1.29, 1.82) is 0 Å². The Morgan fingerprint density at radius 1 is 0.879 bits per heavy atom. The second-order valence-corrected chi connectivity index (χ2v) is 9.16. The minimum absolute atomic E-state index is 0.179. The Morgan fingerprint density at radius 3 is 2.21 bits per heavy atom. The molecule has 0 saturated carbocycles. The van der Waals surface area contributed by atoms with Gasteiger partial charge >= 0.3 is 5.97 Å². The highest BCUT2D eigenvalue weighted by molar-refractivity contribution is 7.99. The van der Waals surface area contributed by atoms with Crippen molar-refractivity contribution in [3.8, 4) is 0 Å². The summed E-state index contributed by atoms with van der Waals surface area (Å²) in [5.74, 6) is -0.943. The van der Waals surface area contributed by atoms with Crippen molar-refractivity contribution < 1.29 is 14.3 Å². The van der Waals surface area contributed by atoms with Gasteiger partial charge in [0, 0.05) is 21.7 Å². The summed E-state index contributed by atoms with van der Waals surface area (Å²) in [6.07, 6.45) is 0. The zero-order valence-electron chi connectivity index (χ0n) is 17.4. The molecule has 0 aliphatic carbocycles. The SMILES string of the molecule is O=C(OCC(=O)N1c2ccccc2Sc2ccccc21)c1csc(NCc2ccccc2)n1. The van der Waals surface area contributed by atoms with Gasteiger partial charge in [-0.15, -0.1) is 11.3 Å². The van der Waals surface area contributed by atoms with Gasteiger partial charge in [-0.1, -0.05) is 66.4 Å². The van der Waals surface area contributed by atoms with E-state index < -0.39 is 5.97 Å². The van der Waals surface area contributed by atoms with Crippen LogP contribution in [0.3, 0.4) is 0 Å². The molecule has 0 saturated heterocycles. The summed E-state index contributed by atoms with van der Waals surface area (Å²) in [5.41, 5.74) is 2.85. The molecule has 0 fully saturated rings. The van der Waals surface area contributed by atoms with Crippen LogP contribution in [0.4, 0.5) is 16.5 Å². The van der Waals surface area contributed by atoms with Crippen LogP contribution < -0.4 is 10.2 Å². The first-order chi connectivity index (χ1) is 16.2. The molecular weight excluding hydrogens is 454 g/mol. The van der Waals surface area contributed by atoms with Crippen molar-refractivity contribution in [2.24, 2.45) is 0 Å². The summed E-state index contributed by atoms with van der Waals surface area (Å²) in [5, 5.41) is 5.44. The monoisotopic (exact) mass is 473 g/mol. The van der Waals surface area contributed by atoms with Gasteiger partial charge in [0.15, 0.2) is 17.4 Å². The van der Waals surface area contributed by atoms with Gasteiger partial charge in [0.05, 0.1) is 11.4 Å². The molecule has 164 valence electrons. The van der Waals surface area contributed by atoms with Crippen molar-refractivity contribution in [3.05, 3.63) is 95.5 Å².